The predicted molar refractivity (Wildman–Crippen MR) is 72.8 cm³/mol. The molecule has 1 atom stereocenters. The highest BCUT2D eigenvalue weighted by Gasteiger charge is 2.12. The first-order valence-electron chi connectivity index (χ1n) is 5.13. The molecule has 9 heteroatoms. The molecule has 1 unspecified atom stereocenters. The Bertz CT molecular complexity index is 479. The molecular weight excluding hydrogens is 279 g/mol. The molecule has 0 aromatic carbocycles. The van der Waals surface area contributed by atoms with Crippen molar-refractivity contribution in [1.29, 1.82) is 5.41 Å². The minimum Gasteiger partial charge on any atom is -0.394 e. The highest BCUT2D eigenvalue weighted by Crippen LogP contribution is 2.12. The molecule has 0 spiro atoms. The van der Waals surface area contributed by atoms with Crippen molar-refractivity contribution in [2.75, 3.05) is 31.7 Å². The Labute approximate surface area is 111 Å². The van der Waals surface area contributed by atoms with Gasteiger partial charge >= 0.3 is 0 Å². The molecule has 4 N–H and O–H groups in total. The summed E-state index contributed by atoms with van der Waals surface area (Å²) < 4.78 is 5.04. The van der Waals surface area contributed by atoms with Crippen LogP contribution in [0.5, 0.6) is 0 Å². The van der Waals surface area contributed by atoms with E-state index in [1.54, 1.807) is 0 Å². The van der Waals surface area contributed by atoms with Crippen molar-refractivity contribution >= 4 is 32.0 Å². The van der Waals surface area contributed by atoms with E-state index in [0.29, 0.717) is 13.2 Å². The Morgan fingerprint density at radius 3 is 2.94 bits per heavy atom. The van der Waals surface area contributed by atoms with Crippen molar-refractivity contribution in [2.45, 2.75) is 0 Å². The third kappa shape index (κ3) is 4.34. The molecule has 1 rings (SSSR count). The van der Waals surface area contributed by atoms with Crippen LogP contribution in [0.1, 0.15) is 5.69 Å². The van der Waals surface area contributed by atoms with E-state index in [1.807, 2.05) is 0 Å². The zero-order valence-electron chi connectivity index (χ0n) is 9.49. The smallest absolute Gasteiger partial charge is 0.275 e. The van der Waals surface area contributed by atoms with Crippen LogP contribution in [0.15, 0.2) is 4.79 Å². The monoisotopic (exact) mass is 292 g/mol. The number of aromatic nitrogens is 2. The van der Waals surface area contributed by atoms with Crippen molar-refractivity contribution in [1.82, 2.24) is 9.97 Å². The number of aromatic amines is 1. The number of hydrogen-bond donors (Lipinski definition) is 4. The van der Waals surface area contributed by atoms with E-state index >= 15 is 0 Å². The summed E-state index contributed by atoms with van der Waals surface area (Å²) in [6.45, 7) is 0.872. The van der Waals surface area contributed by atoms with Crippen LogP contribution in [-0.2, 0) is 4.74 Å². The summed E-state index contributed by atoms with van der Waals surface area (Å²) in [4.78, 5) is 17.9. The minimum atomic E-state index is -0.445. The molecule has 0 fully saturated rings. The lowest BCUT2D eigenvalue weighted by Crippen LogP contribution is -2.22. The maximum absolute atomic E-state index is 11.7. The number of rotatable bonds is 7. The maximum atomic E-state index is 11.7. The predicted octanol–water partition coefficient (Wildman–Crippen LogP) is 0.0446. The van der Waals surface area contributed by atoms with Crippen molar-refractivity contribution in [3.8, 4) is 0 Å². The van der Waals surface area contributed by atoms with Gasteiger partial charge in [0.1, 0.15) is 11.4 Å². The number of nitrogens with one attached hydrogen (secondary N) is 3. The zero-order chi connectivity index (χ0) is 13.5. The lowest BCUT2D eigenvalue weighted by molar-refractivity contribution is 0.0992. The molecule has 1 aromatic rings. The summed E-state index contributed by atoms with van der Waals surface area (Å²) in [6.07, 6.45) is 0. The van der Waals surface area contributed by atoms with Crippen molar-refractivity contribution < 1.29 is 9.84 Å². The van der Waals surface area contributed by atoms with Gasteiger partial charge in [0.05, 0.1) is 25.3 Å². The van der Waals surface area contributed by atoms with Gasteiger partial charge in [0.15, 0.2) is 0 Å². The molecule has 0 aliphatic heterocycles. The van der Waals surface area contributed by atoms with E-state index in [0.717, 1.165) is 0 Å². The molecule has 0 radical (unpaired) electrons. The fourth-order valence-electron chi connectivity index (χ4n) is 1.22. The maximum Gasteiger partial charge on any atom is 0.275 e. The minimum absolute atomic E-state index is 0.0510. The van der Waals surface area contributed by atoms with Crippen LogP contribution < -0.4 is 10.9 Å². The third-order valence-electron chi connectivity index (χ3n) is 1.93. The summed E-state index contributed by atoms with van der Waals surface area (Å²) >= 11 is 5.62. The molecule has 0 aliphatic rings. The van der Waals surface area contributed by atoms with Gasteiger partial charge in [-0.25, -0.2) is 4.98 Å². The first-order valence-corrected chi connectivity index (χ1v) is 6.08. The molecule has 1 heterocycles. The Morgan fingerprint density at radius 1 is 1.61 bits per heavy atom. The molecule has 0 bridgehead atoms. The first kappa shape index (κ1) is 15.0. The van der Waals surface area contributed by atoms with Crippen LogP contribution in [0.2, 0.25) is 5.28 Å². The number of aliphatic hydroxyl groups is 1. The van der Waals surface area contributed by atoms with Gasteiger partial charge in [0, 0.05) is 6.54 Å². The summed E-state index contributed by atoms with van der Waals surface area (Å²) in [5, 5.41) is 18.8. The van der Waals surface area contributed by atoms with Crippen LogP contribution in [-0.4, -0.2) is 46.9 Å². The van der Waals surface area contributed by atoms with Crippen LogP contribution in [0.25, 0.3) is 0 Å². The van der Waals surface area contributed by atoms with Gasteiger partial charge in [-0.3, -0.25) is 15.2 Å². The SMILES string of the molecule is N=C(P)c1nc(Cl)[nH]c(=O)c1NCCOCCO. The van der Waals surface area contributed by atoms with Crippen LogP contribution in [0, 0.1) is 5.41 Å². The first-order chi connectivity index (χ1) is 8.56. The van der Waals surface area contributed by atoms with Crippen molar-refractivity contribution in [3.63, 3.8) is 0 Å². The van der Waals surface area contributed by atoms with E-state index in [1.165, 1.54) is 0 Å². The van der Waals surface area contributed by atoms with Gasteiger partial charge in [0.2, 0.25) is 5.28 Å². The van der Waals surface area contributed by atoms with Crippen molar-refractivity contribution in [2.24, 2.45) is 0 Å². The number of ether oxygens (including phenoxy) is 1. The summed E-state index contributed by atoms with van der Waals surface area (Å²) in [7, 11) is 2.15. The number of hydrogen-bond acceptors (Lipinski definition) is 6. The molecule has 0 aliphatic carbocycles. The highest BCUT2D eigenvalue weighted by molar-refractivity contribution is 7.41. The number of anilines is 1. The lowest BCUT2D eigenvalue weighted by Gasteiger charge is -2.09. The highest BCUT2D eigenvalue weighted by atomic mass is 35.5. The summed E-state index contributed by atoms with van der Waals surface area (Å²) in [6, 6.07) is 0. The van der Waals surface area contributed by atoms with Gasteiger partial charge in [-0.05, 0) is 11.6 Å². The second-order valence-electron chi connectivity index (χ2n) is 3.26. The third-order valence-corrected chi connectivity index (χ3v) is 2.38. The van der Waals surface area contributed by atoms with Crippen LogP contribution >= 0.6 is 20.8 Å². The van der Waals surface area contributed by atoms with Crippen LogP contribution in [0.4, 0.5) is 5.69 Å². The summed E-state index contributed by atoms with van der Waals surface area (Å²) in [5.74, 6) is 0. The summed E-state index contributed by atoms with van der Waals surface area (Å²) in [5.41, 5.74) is -0.0379. The Hall–Kier alpha value is -1.01. The lowest BCUT2D eigenvalue weighted by atomic mass is 10.3. The second-order valence-corrected chi connectivity index (χ2v) is 4.19. The Balaban J connectivity index is 2.75. The zero-order valence-corrected chi connectivity index (χ0v) is 11.4. The quantitative estimate of drug-likeness (QED) is 0.245. The topological polar surface area (TPSA) is 111 Å². The number of H-pyrrole nitrogens is 1. The second kappa shape index (κ2) is 7.43. The number of nitrogens with zero attached hydrogens (tertiary/aromatic N) is 1. The largest absolute Gasteiger partial charge is 0.394 e. The average Bonchev–Trinajstić information content (AvgIpc) is 2.30. The van der Waals surface area contributed by atoms with Gasteiger partial charge in [-0.1, -0.05) is 9.24 Å². The molecule has 0 saturated carbocycles. The van der Waals surface area contributed by atoms with E-state index in [2.05, 4.69) is 24.5 Å². The Morgan fingerprint density at radius 2 is 2.33 bits per heavy atom. The molecule has 7 nitrogen and oxygen atoms in total. The number of aliphatic hydroxyl groups excluding tert-OH is 1. The van der Waals surface area contributed by atoms with Gasteiger partial charge < -0.3 is 15.2 Å². The fourth-order valence-corrected chi connectivity index (χ4v) is 1.60. The van der Waals surface area contributed by atoms with E-state index in [-0.39, 0.29) is 35.3 Å². The van der Waals surface area contributed by atoms with E-state index in [4.69, 9.17) is 26.9 Å². The molecule has 0 amide bonds. The van der Waals surface area contributed by atoms with Gasteiger partial charge in [-0.2, -0.15) is 0 Å². The van der Waals surface area contributed by atoms with E-state index in [9.17, 15) is 4.79 Å². The Kier molecular flexibility index (Phi) is 6.21. The number of halogens is 1. The van der Waals surface area contributed by atoms with E-state index < -0.39 is 5.56 Å². The average molecular weight is 293 g/mol. The van der Waals surface area contributed by atoms with Gasteiger partial charge in [-0.15, -0.1) is 0 Å². The van der Waals surface area contributed by atoms with Crippen molar-refractivity contribution in [3.05, 3.63) is 21.3 Å². The fraction of sp³-hybridized carbons (Fsp3) is 0.444. The van der Waals surface area contributed by atoms with Crippen LogP contribution in [0.3, 0.4) is 0 Å². The molecule has 18 heavy (non-hydrogen) atoms. The molecule has 0 saturated heterocycles. The molecule has 100 valence electrons. The normalized spacial score (nSPS) is 10.4. The molecular formula is C9H14ClN4O3P. The van der Waals surface area contributed by atoms with Gasteiger partial charge in [0.25, 0.3) is 5.56 Å². The molecule has 1 aromatic heterocycles. The standard InChI is InChI=1S/C9H14ClN4O3P/c10-9-13-5(7(11)18)6(8(16)14-9)12-1-3-17-4-2-15/h11-12,15H,1-4,18H2,(H,13,14,16).